The number of carboxylic acid groups (broad SMARTS) is 1. The molecule has 0 saturated heterocycles. The SMILES string of the molecule is COc1cc2c(c(F)c1OCCCOc1c(OC)cc3sc(C(=O)CCC(=O)O[C@H]4CC[C@H](N5C(=O)C=CC5=O)CC4)cc3c1F)CN(C(=O)CCC(=O)O)C2. The number of methoxy groups -OCH3 is 2. The third kappa shape index (κ3) is 8.77. The fourth-order valence-electron chi connectivity index (χ4n) is 7.00. The summed E-state index contributed by atoms with van der Waals surface area (Å²) in [6.45, 7) is -0.0236. The van der Waals surface area contributed by atoms with Gasteiger partial charge in [-0.15, -0.1) is 11.3 Å². The van der Waals surface area contributed by atoms with Gasteiger partial charge in [0.05, 0.1) is 45.2 Å². The van der Waals surface area contributed by atoms with Crippen LogP contribution in [-0.2, 0) is 41.8 Å². The van der Waals surface area contributed by atoms with E-state index in [0.29, 0.717) is 35.9 Å². The van der Waals surface area contributed by atoms with Crippen molar-refractivity contribution in [1.82, 2.24) is 9.80 Å². The van der Waals surface area contributed by atoms with E-state index in [1.165, 1.54) is 42.2 Å². The highest BCUT2D eigenvalue weighted by Crippen LogP contribution is 2.41. The zero-order valence-electron chi connectivity index (χ0n) is 30.7. The minimum atomic E-state index is -1.10. The van der Waals surface area contributed by atoms with E-state index in [2.05, 4.69) is 0 Å². The van der Waals surface area contributed by atoms with E-state index in [0.717, 1.165) is 11.3 Å². The van der Waals surface area contributed by atoms with Crippen molar-refractivity contribution in [3.63, 3.8) is 0 Å². The third-order valence-corrected chi connectivity index (χ3v) is 11.0. The number of amides is 3. The predicted octanol–water partition coefficient (Wildman–Crippen LogP) is 5.49. The molecule has 3 heterocycles. The highest BCUT2D eigenvalue weighted by Gasteiger charge is 2.35. The van der Waals surface area contributed by atoms with Gasteiger partial charge < -0.3 is 33.7 Å². The van der Waals surface area contributed by atoms with Crippen LogP contribution in [-0.4, -0.2) is 89.9 Å². The maximum absolute atomic E-state index is 15.8. The Hall–Kier alpha value is -5.58. The maximum atomic E-state index is 15.8. The molecular formula is C39H40F2N2O12S. The number of imide groups is 1. The first kappa shape index (κ1) is 40.1. The number of thiophene rings is 1. The lowest BCUT2D eigenvalue weighted by Gasteiger charge is -2.33. The van der Waals surface area contributed by atoms with Crippen LogP contribution in [0, 0.1) is 11.6 Å². The number of hydrogen-bond donors (Lipinski definition) is 1. The highest BCUT2D eigenvalue weighted by molar-refractivity contribution is 7.20. The average Bonchev–Trinajstić information content (AvgIpc) is 3.91. The number of halogens is 2. The van der Waals surface area contributed by atoms with E-state index >= 15 is 8.78 Å². The second kappa shape index (κ2) is 17.5. The molecule has 0 radical (unpaired) electrons. The lowest BCUT2D eigenvalue weighted by Crippen LogP contribution is -2.43. The molecule has 1 aromatic heterocycles. The van der Waals surface area contributed by atoms with Crippen molar-refractivity contribution in [2.75, 3.05) is 27.4 Å². The molecule has 17 heteroatoms. The molecular weight excluding hydrogens is 758 g/mol. The van der Waals surface area contributed by atoms with Gasteiger partial charge in [-0.2, -0.15) is 0 Å². The Morgan fingerprint density at radius 1 is 0.821 bits per heavy atom. The van der Waals surface area contributed by atoms with Crippen LogP contribution in [0.25, 0.3) is 10.1 Å². The summed E-state index contributed by atoms with van der Waals surface area (Å²) in [5.41, 5.74) is 0.776. The number of carbonyl (C=O) groups excluding carboxylic acids is 5. The van der Waals surface area contributed by atoms with Gasteiger partial charge in [-0.1, -0.05) is 0 Å². The summed E-state index contributed by atoms with van der Waals surface area (Å²) in [6.07, 6.45) is 3.47. The second-order valence-corrected chi connectivity index (χ2v) is 14.6. The molecule has 0 atom stereocenters. The molecule has 6 rings (SSSR count). The lowest BCUT2D eigenvalue weighted by atomic mass is 9.92. The number of carboxylic acids is 1. The molecule has 56 heavy (non-hydrogen) atoms. The molecule has 2 aromatic carbocycles. The number of benzene rings is 2. The first-order chi connectivity index (χ1) is 26.9. The van der Waals surface area contributed by atoms with E-state index in [9.17, 15) is 28.8 Å². The standard InChI is InChI=1S/C39H40F2N2O12S/c1-51-27-16-21-19-42(31(45)11-12-34(48)49)20-25(21)37(41)38(27)53-14-3-15-54-39-28(52-2)18-29-24(36(39)40)17-30(56-29)26(44)8-13-35(50)55-23-6-4-22(5-7-23)43-32(46)9-10-33(43)47/h9-10,16-18,22-23H,3-8,11-15,19-20H2,1-2H3,(H,48,49)/t22-,23-. The van der Waals surface area contributed by atoms with Crippen LogP contribution in [0.2, 0.25) is 0 Å². The largest absolute Gasteiger partial charge is 0.493 e. The quantitative estimate of drug-likeness (QED) is 0.0788. The molecule has 298 valence electrons. The number of carbonyl (C=O) groups is 6. The molecule has 0 bridgehead atoms. The van der Waals surface area contributed by atoms with Crippen LogP contribution in [0.15, 0.2) is 30.4 Å². The van der Waals surface area contributed by atoms with Gasteiger partial charge in [0.2, 0.25) is 5.91 Å². The van der Waals surface area contributed by atoms with Crippen molar-refractivity contribution in [2.45, 2.75) is 83.0 Å². The topological polar surface area (TPSA) is 175 Å². The minimum Gasteiger partial charge on any atom is -0.493 e. The molecule has 0 spiro atoms. The van der Waals surface area contributed by atoms with Gasteiger partial charge in [-0.05, 0) is 43.4 Å². The molecule has 1 aliphatic carbocycles. The Morgan fingerprint density at radius 3 is 2.11 bits per heavy atom. The lowest BCUT2D eigenvalue weighted by molar-refractivity contribution is -0.153. The Bertz CT molecular complexity index is 2070. The average molecular weight is 799 g/mol. The molecule has 3 aromatic rings. The van der Waals surface area contributed by atoms with Crippen molar-refractivity contribution < 1.29 is 66.3 Å². The molecule has 0 unspecified atom stereocenters. The number of esters is 1. The minimum absolute atomic E-state index is 0.0392. The first-order valence-corrected chi connectivity index (χ1v) is 18.9. The van der Waals surface area contributed by atoms with E-state index in [-0.39, 0.29) is 127 Å². The van der Waals surface area contributed by atoms with E-state index < -0.39 is 29.5 Å². The van der Waals surface area contributed by atoms with Gasteiger partial charge in [-0.25, -0.2) is 8.78 Å². The second-order valence-electron chi connectivity index (χ2n) is 13.5. The smallest absolute Gasteiger partial charge is 0.306 e. The summed E-state index contributed by atoms with van der Waals surface area (Å²) in [5, 5.41) is 9.02. The fourth-order valence-corrected chi connectivity index (χ4v) is 8.06. The first-order valence-electron chi connectivity index (χ1n) is 18.1. The number of hydrogen-bond acceptors (Lipinski definition) is 12. The van der Waals surface area contributed by atoms with Crippen molar-refractivity contribution >= 4 is 56.9 Å². The number of fused-ring (bicyclic) bond motifs is 2. The van der Waals surface area contributed by atoms with Crippen LogP contribution < -0.4 is 18.9 Å². The van der Waals surface area contributed by atoms with Gasteiger partial charge in [0, 0.05) is 72.3 Å². The van der Waals surface area contributed by atoms with Gasteiger partial charge in [0.1, 0.15) is 6.10 Å². The summed E-state index contributed by atoms with van der Waals surface area (Å²) in [7, 11) is 2.70. The summed E-state index contributed by atoms with van der Waals surface area (Å²) in [5.74, 6) is -4.66. The van der Waals surface area contributed by atoms with E-state index in [1.807, 2.05) is 0 Å². The zero-order valence-corrected chi connectivity index (χ0v) is 31.5. The van der Waals surface area contributed by atoms with Crippen molar-refractivity contribution in [3.05, 3.63) is 58.0 Å². The molecule has 2 aliphatic heterocycles. The van der Waals surface area contributed by atoms with E-state index in [4.69, 9.17) is 28.8 Å². The Labute approximate surface area is 323 Å². The van der Waals surface area contributed by atoms with Gasteiger partial charge in [0.25, 0.3) is 11.8 Å². The normalized spacial score (nSPS) is 17.6. The van der Waals surface area contributed by atoms with E-state index in [1.54, 1.807) is 12.1 Å². The number of ketones is 1. The summed E-state index contributed by atoms with van der Waals surface area (Å²) < 4.78 is 59.5. The van der Waals surface area contributed by atoms with Crippen molar-refractivity contribution in [1.29, 1.82) is 0 Å². The number of nitrogens with zero attached hydrogens (tertiary/aromatic N) is 2. The molecule has 14 nitrogen and oxygen atoms in total. The Balaban J connectivity index is 0.993. The van der Waals surface area contributed by atoms with Crippen LogP contribution in [0.4, 0.5) is 8.78 Å². The number of ether oxygens (including phenoxy) is 5. The fraction of sp³-hybridized carbons (Fsp3) is 0.436. The van der Waals surface area contributed by atoms with Gasteiger partial charge in [0.15, 0.2) is 40.4 Å². The van der Waals surface area contributed by atoms with Gasteiger partial charge in [-0.3, -0.25) is 33.7 Å². The molecule has 1 saturated carbocycles. The third-order valence-electron chi connectivity index (χ3n) is 9.88. The maximum Gasteiger partial charge on any atom is 0.306 e. The van der Waals surface area contributed by atoms with Crippen molar-refractivity contribution in [2.24, 2.45) is 0 Å². The van der Waals surface area contributed by atoms with Gasteiger partial charge >= 0.3 is 11.9 Å². The van der Waals surface area contributed by atoms with Crippen LogP contribution >= 0.6 is 11.3 Å². The summed E-state index contributed by atoms with van der Waals surface area (Å²) in [6, 6.07) is 4.29. The zero-order chi connectivity index (χ0) is 40.1. The van der Waals surface area contributed by atoms with Crippen LogP contribution in [0.1, 0.15) is 78.6 Å². The molecule has 1 fully saturated rings. The molecule has 3 aliphatic rings. The Morgan fingerprint density at radius 2 is 1.46 bits per heavy atom. The Kier molecular flexibility index (Phi) is 12.5. The van der Waals surface area contributed by atoms with Crippen LogP contribution in [0.5, 0.6) is 23.0 Å². The predicted molar refractivity (Wildman–Crippen MR) is 195 cm³/mol. The highest BCUT2D eigenvalue weighted by atomic mass is 32.1. The van der Waals surface area contributed by atoms with Crippen molar-refractivity contribution in [3.8, 4) is 23.0 Å². The number of Topliss-reactive ketones (excluding diaryl/α,β-unsaturated/α-hetero) is 1. The summed E-state index contributed by atoms with van der Waals surface area (Å²) in [4.78, 5) is 75.7. The molecule has 3 amide bonds. The number of rotatable bonds is 17. The molecule has 1 N–H and O–H groups in total. The monoisotopic (exact) mass is 798 g/mol. The van der Waals surface area contributed by atoms with Crippen LogP contribution in [0.3, 0.4) is 0 Å². The summed E-state index contributed by atoms with van der Waals surface area (Å²) >= 11 is 1.05. The number of aliphatic carboxylic acids is 1.